The number of anilines is 1. The van der Waals surface area contributed by atoms with Crippen LogP contribution >= 0.6 is 11.3 Å². The van der Waals surface area contributed by atoms with Crippen LogP contribution in [-0.2, 0) is 11.3 Å². The zero-order valence-electron chi connectivity index (χ0n) is 11.0. The number of aromatic nitrogens is 1. The van der Waals surface area contributed by atoms with E-state index in [-0.39, 0.29) is 12.5 Å². The van der Waals surface area contributed by atoms with Crippen LogP contribution < -0.4 is 5.32 Å². The van der Waals surface area contributed by atoms with Crippen LogP contribution in [0.5, 0.6) is 0 Å². The first-order valence-electron chi connectivity index (χ1n) is 6.13. The van der Waals surface area contributed by atoms with Crippen LogP contribution in [0.25, 0.3) is 0 Å². The SMILES string of the molecule is CC(=O)Nc1nc(CN(C)CCCCCO)cs1. The molecule has 0 aliphatic heterocycles. The first-order chi connectivity index (χ1) is 8.61. The number of carbonyl (C=O) groups excluding carboxylic acids is 1. The smallest absolute Gasteiger partial charge is 0.223 e. The minimum absolute atomic E-state index is 0.0896. The molecule has 0 aliphatic rings. The van der Waals surface area contributed by atoms with Crippen molar-refractivity contribution < 1.29 is 9.90 Å². The number of unbranched alkanes of at least 4 members (excludes halogenated alkanes) is 2. The summed E-state index contributed by atoms with van der Waals surface area (Å²) in [5, 5.41) is 14.0. The number of thiazole rings is 1. The number of hydrogen-bond acceptors (Lipinski definition) is 5. The lowest BCUT2D eigenvalue weighted by atomic mass is 10.2. The second-order valence-electron chi connectivity index (χ2n) is 4.35. The lowest BCUT2D eigenvalue weighted by Gasteiger charge is -2.14. The van der Waals surface area contributed by atoms with Crippen molar-refractivity contribution in [2.75, 3.05) is 25.5 Å². The molecule has 0 unspecified atom stereocenters. The summed E-state index contributed by atoms with van der Waals surface area (Å²) in [5.74, 6) is -0.0896. The minimum atomic E-state index is -0.0896. The molecule has 2 N–H and O–H groups in total. The van der Waals surface area contributed by atoms with E-state index in [1.807, 2.05) is 5.38 Å². The van der Waals surface area contributed by atoms with Gasteiger partial charge < -0.3 is 15.3 Å². The lowest BCUT2D eigenvalue weighted by Crippen LogP contribution is -2.19. The van der Waals surface area contributed by atoms with E-state index in [1.165, 1.54) is 18.3 Å². The Kier molecular flexibility index (Phi) is 6.85. The Hall–Kier alpha value is -0.980. The van der Waals surface area contributed by atoms with Crippen molar-refractivity contribution in [1.29, 1.82) is 0 Å². The average molecular weight is 271 g/mol. The number of amides is 1. The van der Waals surface area contributed by atoms with E-state index < -0.39 is 0 Å². The summed E-state index contributed by atoms with van der Waals surface area (Å²) < 4.78 is 0. The predicted molar refractivity (Wildman–Crippen MR) is 73.7 cm³/mol. The van der Waals surface area contributed by atoms with Gasteiger partial charge >= 0.3 is 0 Å². The van der Waals surface area contributed by atoms with Crippen molar-refractivity contribution in [2.45, 2.75) is 32.7 Å². The third kappa shape index (κ3) is 6.09. The van der Waals surface area contributed by atoms with Gasteiger partial charge in [0, 0.05) is 25.5 Å². The summed E-state index contributed by atoms with van der Waals surface area (Å²) in [6.07, 6.45) is 3.01. The molecule has 0 aliphatic carbocycles. The maximum Gasteiger partial charge on any atom is 0.223 e. The molecule has 0 radical (unpaired) electrons. The molecule has 5 nitrogen and oxygen atoms in total. The van der Waals surface area contributed by atoms with Crippen LogP contribution in [0.3, 0.4) is 0 Å². The fourth-order valence-corrected chi connectivity index (χ4v) is 2.36. The standard InChI is InChI=1S/C12H21N3O2S/c1-10(17)13-12-14-11(9-18-12)8-15(2)6-4-3-5-7-16/h9,16H,3-8H2,1-2H3,(H,13,14,17). The van der Waals surface area contributed by atoms with Gasteiger partial charge in [0.2, 0.25) is 5.91 Å². The highest BCUT2D eigenvalue weighted by Gasteiger charge is 2.06. The highest BCUT2D eigenvalue weighted by Crippen LogP contribution is 2.16. The predicted octanol–water partition coefficient (Wildman–Crippen LogP) is 1.70. The molecule has 18 heavy (non-hydrogen) atoms. The Labute approximate surface area is 112 Å². The van der Waals surface area contributed by atoms with Gasteiger partial charge in [0.05, 0.1) is 5.69 Å². The fourth-order valence-electron chi connectivity index (χ4n) is 1.61. The van der Waals surface area contributed by atoms with Crippen LogP contribution in [0, 0.1) is 0 Å². The number of aliphatic hydroxyl groups excluding tert-OH is 1. The van der Waals surface area contributed by atoms with Gasteiger partial charge in [-0.05, 0) is 32.9 Å². The van der Waals surface area contributed by atoms with Crippen molar-refractivity contribution in [1.82, 2.24) is 9.88 Å². The Morgan fingerprint density at radius 1 is 1.50 bits per heavy atom. The molecule has 0 bridgehead atoms. The molecule has 1 heterocycles. The van der Waals surface area contributed by atoms with Crippen molar-refractivity contribution in [2.24, 2.45) is 0 Å². The number of hydrogen-bond donors (Lipinski definition) is 2. The van der Waals surface area contributed by atoms with E-state index in [1.54, 1.807) is 0 Å². The molecule has 0 atom stereocenters. The number of nitrogens with zero attached hydrogens (tertiary/aromatic N) is 2. The maximum atomic E-state index is 10.9. The fraction of sp³-hybridized carbons (Fsp3) is 0.667. The van der Waals surface area contributed by atoms with E-state index in [9.17, 15) is 4.79 Å². The van der Waals surface area contributed by atoms with E-state index in [4.69, 9.17) is 5.11 Å². The normalized spacial score (nSPS) is 10.9. The highest BCUT2D eigenvalue weighted by atomic mass is 32.1. The monoisotopic (exact) mass is 271 g/mol. The second kappa shape index (κ2) is 8.18. The first kappa shape index (κ1) is 15.1. The molecule has 102 valence electrons. The number of aliphatic hydroxyl groups is 1. The zero-order chi connectivity index (χ0) is 13.4. The van der Waals surface area contributed by atoms with Gasteiger partial charge in [-0.25, -0.2) is 4.98 Å². The molecule has 1 aromatic rings. The largest absolute Gasteiger partial charge is 0.396 e. The van der Waals surface area contributed by atoms with Crippen LogP contribution in [0.4, 0.5) is 5.13 Å². The van der Waals surface area contributed by atoms with Gasteiger partial charge in [0.1, 0.15) is 0 Å². The second-order valence-corrected chi connectivity index (χ2v) is 5.21. The van der Waals surface area contributed by atoms with Gasteiger partial charge in [-0.15, -0.1) is 11.3 Å². The Bertz CT molecular complexity index is 368. The van der Waals surface area contributed by atoms with Gasteiger partial charge in [0.15, 0.2) is 5.13 Å². The first-order valence-corrected chi connectivity index (χ1v) is 7.01. The molecule has 0 aromatic carbocycles. The quantitative estimate of drug-likeness (QED) is 0.706. The number of rotatable bonds is 8. The Balaban J connectivity index is 2.28. The topological polar surface area (TPSA) is 65.5 Å². The summed E-state index contributed by atoms with van der Waals surface area (Å²) in [6, 6.07) is 0. The lowest BCUT2D eigenvalue weighted by molar-refractivity contribution is -0.114. The van der Waals surface area contributed by atoms with Gasteiger partial charge in [-0.3, -0.25) is 4.79 Å². The highest BCUT2D eigenvalue weighted by molar-refractivity contribution is 7.13. The van der Waals surface area contributed by atoms with Gasteiger partial charge in [-0.2, -0.15) is 0 Å². The maximum absolute atomic E-state index is 10.9. The summed E-state index contributed by atoms with van der Waals surface area (Å²) in [6.45, 7) is 3.53. The van der Waals surface area contributed by atoms with Gasteiger partial charge in [-0.1, -0.05) is 0 Å². The third-order valence-corrected chi connectivity index (χ3v) is 3.27. The van der Waals surface area contributed by atoms with Crippen molar-refractivity contribution >= 4 is 22.4 Å². The van der Waals surface area contributed by atoms with Crippen LogP contribution in [0.1, 0.15) is 31.9 Å². The Morgan fingerprint density at radius 3 is 2.94 bits per heavy atom. The number of carbonyl (C=O) groups is 1. The third-order valence-electron chi connectivity index (χ3n) is 2.46. The zero-order valence-corrected chi connectivity index (χ0v) is 11.8. The molecular weight excluding hydrogens is 250 g/mol. The molecular formula is C12H21N3O2S. The van der Waals surface area contributed by atoms with Crippen LogP contribution in [-0.4, -0.2) is 41.1 Å². The Morgan fingerprint density at radius 2 is 2.28 bits per heavy atom. The summed E-state index contributed by atoms with van der Waals surface area (Å²) in [7, 11) is 2.05. The summed E-state index contributed by atoms with van der Waals surface area (Å²) in [5.41, 5.74) is 0.980. The summed E-state index contributed by atoms with van der Waals surface area (Å²) >= 11 is 1.45. The molecule has 1 amide bonds. The average Bonchev–Trinajstić information content (AvgIpc) is 2.71. The molecule has 0 saturated carbocycles. The van der Waals surface area contributed by atoms with E-state index in [2.05, 4.69) is 22.2 Å². The molecule has 6 heteroatoms. The molecule has 1 rings (SSSR count). The van der Waals surface area contributed by atoms with Crippen molar-refractivity contribution in [3.8, 4) is 0 Å². The van der Waals surface area contributed by atoms with Crippen molar-refractivity contribution in [3.05, 3.63) is 11.1 Å². The molecule has 0 spiro atoms. The molecule has 0 saturated heterocycles. The van der Waals surface area contributed by atoms with Gasteiger partial charge in [0.25, 0.3) is 0 Å². The van der Waals surface area contributed by atoms with Crippen LogP contribution in [0.2, 0.25) is 0 Å². The van der Waals surface area contributed by atoms with E-state index >= 15 is 0 Å². The van der Waals surface area contributed by atoms with E-state index in [0.29, 0.717) is 5.13 Å². The molecule has 1 aromatic heterocycles. The molecule has 0 fully saturated rings. The van der Waals surface area contributed by atoms with Crippen molar-refractivity contribution in [3.63, 3.8) is 0 Å². The van der Waals surface area contributed by atoms with E-state index in [0.717, 1.165) is 38.0 Å². The minimum Gasteiger partial charge on any atom is -0.396 e. The van der Waals surface area contributed by atoms with Crippen LogP contribution in [0.15, 0.2) is 5.38 Å². The number of nitrogens with one attached hydrogen (secondary N) is 1. The summed E-state index contributed by atoms with van der Waals surface area (Å²) in [4.78, 5) is 17.4.